The van der Waals surface area contributed by atoms with Gasteiger partial charge in [-0.15, -0.1) is 0 Å². The maximum absolute atomic E-state index is 13.2. The monoisotopic (exact) mass is 529 g/mol. The van der Waals surface area contributed by atoms with Gasteiger partial charge in [0.05, 0.1) is 36.4 Å². The van der Waals surface area contributed by atoms with E-state index in [1.807, 2.05) is 37.3 Å². The van der Waals surface area contributed by atoms with Crippen LogP contribution in [0, 0.1) is 0 Å². The van der Waals surface area contributed by atoms with Gasteiger partial charge in [0, 0.05) is 19.3 Å². The third-order valence-corrected chi connectivity index (χ3v) is 7.09. The van der Waals surface area contributed by atoms with Gasteiger partial charge in [0.1, 0.15) is 0 Å². The standard InChI is InChI=1S/C27H26F3N3O3S/c1-4-21-23(25(35)36-3)24(18-10-12-19(13-11-18)27(28,29)30)33-20(16-37-26(33)31-21)14-22(34)32(2)15-17-8-6-5-7-9-17/h5-13,16,24H,4,14-15H2,1-3H3. The zero-order valence-electron chi connectivity index (χ0n) is 20.6. The number of alkyl halides is 3. The van der Waals surface area contributed by atoms with Crippen molar-refractivity contribution in [3.05, 3.63) is 93.7 Å². The highest BCUT2D eigenvalue weighted by molar-refractivity contribution is 8.16. The van der Waals surface area contributed by atoms with Crippen molar-refractivity contribution in [2.45, 2.75) is 38.5 Å². The Morgan fingerprint density at radius 2 is 1.78 bits per heavy atom. The van der Waals surface area contributed by atoms with Crippen molar-refractivity contribution >= 4 is 28.8 Å². The molecule has 1 unspecified atom stereocenters. The van der Waals surface area contributed by atoms with Crippen LogP contribution in [0.15, 0.2) is 82.0 Å². The number of esters is 1. The molecular weight excluding hydrogens is 503 g/mol. The van der Waals surface area contributed by atoms with Crippen LogP contribution in [0.5, 0.6) is 0 Å². The first-order chi connectivity index (χ1) is 17.6. The first-order valence-corrected chi connectivity index (χ1v) is 12.5. The minimum Gasteiger partial charge on any atom is -0.466 e. The summed E-state index contributed by atoms with van der Waals surface area (Å²) in [6.07, 6.45) is -4.03. The van der Waals surface area contributed by atoms with Crippen molar-refractivity contribution in [1.82, 2.24) is 9.80 Å². The molecule has 1 atom stereocenters. The lowest BCUT2D eigenvalue weighted by Gasteiger charge is -2.37. The second-order valence-electron chi connectivity index (χ2n) is 8.63. The summed E-state index contributed by atoms with van der Waals surface area (Å²) < 4.78 is 44.7. The van der Waals surface area contributed by atoms with E-state index in [0.717, 1.165) is 17.7 Å². The van der Waals surface area contributed by atoms with Gasteiger partial charge in [-0.1, -0.05) is 61.2 Å². The highest BCUT2D eigenvalue weighted by Crippen LogP contribution is 2.46. The number of thioether (sulfide) groups is 1. The van der Waals surface area contributed by atoms with Crippen LogP contribution in [-0.2, 0) is 27.0 Å². The van der Waals surface area contributed by atoms with Crippen LogP contribution in [0.3, 0.4) is 0 Å². The molecule has 0 bridgehead atoms. The van der Waals surface area contributed by atoms with Crippen LogP contribution in [0.1, 0.15) is 42.5 Å². The Balaban J connectivity index is 1.68. The summed E-state index contributed by atoms with van der Waals surface area (Å²) >= 11 is 1.32. The quantitative estimate of drug-likeness (QED) is 0.419. The minimum atomic E-state index is -4.49. The van der Waals surface area contributed by atoms with Crippen molar-refractivity contribution in [1.29, 1.82) is 0 Å². The van der Waals surface area contributed by atoms with Crippen LogP contribution in [-0.4, -0.2) is 41.0 Å². The molecule has 0 fully saturated rings. The van der Waals surface area contributed by atoms with Gasteiger partial charge < -0.3 is 14.5 Å². The lowest BCUT2D eigenvalue weighted by Crippen LogP contribution is -2.38. The highest BCUT2D eigenvalue weighted by atomic mass is 32.2. The molecule has 2 aliphatic rings. The van der Waals surface area contributed by atoms with Gasteiger partial charge in [-0.3, -0.25) is 4.79 Å². The number of carbonyl (C=O) groups excluding carboxylic acids is 2. The van der Waals surface area contributed by atoms with Crippen LogP contribution in [0.25, 0.3) is 0 Å². The molecule has 0 radical (unpaired) electrons. The molecule has 6 nitrogen and oxygen atoms in total. The largest absolute Gasteiger partial charge is 0.466 e. The molecule has 2 aliphatic heterocycles. The minimum absolute atomic E-state index is 0.0302. The molecule has 194 valence electrons. The molecule has 0 aliphatic carbocycles. The van der Waals surface area contributed by atoms with Crippen molar-refractivity contribution < 1.29 is 27.5 Å². The topological polar surface area (TPSA) is 62.2 Å². The Hall–Kier alpha value is -3.53. The van der Waals surface area contributed by atoms with Gasteiger partial charge in [0.25, 0.3) is 0 Å². The van der Waals surface area contributed by atoms with Gasteiger partial charge in [-0.05, 0) is 35.1 Å². The Bertz CT molecular complexity index is 1270. The summed E-state index contributed by atoms with van der Waals surface area (Å²) in [7, 11) is 2.97. The van der Waals surface area contributed by atoms with Crippen LogP contribution < -0.4 is 0 Å². The molecule has 0 saturated heterocycles. The van der Waals surface area contributed by atoms with E-state index < -0.39 is 23.8 Å². The van der Waals surface area contributed by atoms with E-state index in [2.05, 4.69) is 4.99 Å². The average Bonchev–Trinajstić information content (AvgIpc) is 3.29. The molecular formula is C27H26F3N3O3S. The van der Waals surface area contributed by atoms with Gasteiger partial charge in [-0.2, -0.15) is 13.2 Å². The summed E-state index contributed by atoms with van der Waals surface area (Å²) in [6.45, 7) is 2.27. The molecule has 37 heavy (non-hydrogen) atoms. The number of carbonyl (C=O) groups is 2. The SMILES string of the molecule is CCC1=C(C(=O)OC)C(c2ccc(C(F)(F)F)cc2)N2C(CC(=O)N(C)Cc3ccccc3)=CSC2=N1. The number of allylic oxidation sites excluding steroid dienone is 1. The highest BCUT2D eigenvalue weighted by Gasteiger charge is 2.42. The summed E-state index contributed by atoms with van der Waals surface area (Å²) in [5.74, 6) is -0.763. The van der Waals surface area contributed by atoms with Crippen molar-refractivity contribution in [3.8, 4) is 0 Å². The molecule has 2 aromatic carbocycles. The number of aliphatic imine (C=N–C) groups is 1. The fraction of sp³-hybridized carbons (Fsp3) is 0.296. The van der Waals surface area contributed by atoms with Crippen molar-refractivity contribution in [2.24, 2.45) is 4.99 Å². The molecule has 0 saturated carbocycles. The molecule has 4 rings (SSSR count). The predicted octanol–water partition coefficient (Wildman–Crippen LogP) is 5.89. The molecule has 10 heteroatoms. The molecule has 0 aromatic heterocycles. The number of methoxy groups -OCH3 is 1. The first-order valence-electron chi connectivity index (χ1n) is 11.6. The number of halogens is 3. The lowest BCUT2D eigenvalue weighted by atomic mass is 9.92. The van der Waals surface area contributed by atoms with Gasteiger partial charge in [-0.25, -0.2) is 9.79 Å². The van der Waals surface area contributed by atoms with Gasteiger partial charge in [0.2, 0.25) is 5.91 Å². The second kappa shape index (κ2) is 10.8. The van der Waals surface area contributed by atoms with E-state index in [4.69, 9.17) is 4.74 Å². The Labute approximate surface area is 217 Å². The van der Waals surface area contributed by atoms with Crippen molar-refractivity contribution in [3.63, 3.8) is 0 Å². The third-order valence-electron chi connectivity index (χ3n) is 6.20. The van der Waals surface area contributed by atoms with E-state index >= 15 is 0 Å². The predicted molar refractivity (Wildman–Crippen MR) is 136 cm³/mol. The number of hydrogen-bond donors (Lipinski definition) is 0. The molecule has 0 N–H and O–H groups in total. The summed E-state index contributed by atoms with van der Waals surface area (Å²) in [6, 6.07) is 13.5. The van der Waals surface area contributed by atoms with E-state index in [1.54, 1.807) is 22.3 Å². The molecule has 0 spiro atoms. The normalized spacial score (nSPS) is 17.2. The maximum Gasteiger partial charge on any atom is 0.416 e. The van der Waals surface area contributed by atoms with E-state index in [-0.39, 0.29) is 17.9 Å². The number of benzene rings is 2. The number of nitrogens with zero attached hydrogens (tertiary/aromatic N) is 3. The maximum atomic E-state index is 13.2. The van der Waals surface area contributed by atoms with Crippen LogP contribution >= 0.6 is 11.8 Å². The molecule has 2 heterocycles. The Morgan fingerprint density at radius 3 is 2.38 bits per heavy atom. The summed E-state index contributed by atoms with van der Waals surface area (Å²) in [4.78, 5) is 34.1. The number of ether oxygens (including phenoxy) is 1. The van der Waals surface area contributed by atoms with Crippen LogP contribution in [0.2, 0.25) is 0 Å². The zero-order chi connectivity index (χ0) is 26.7. The van der Waals surface area contributed by atoms with Crippen molar-refractivity contribution in [2.75, 3.05) is 14.2 Å². The number of rotatable bonds is 7. The van der Waals surface area contributed by atoms with E-state index in [1.165, 1.54) is 31.0 Å². The third kappa shape index (κ3) is 5.58. The Kier molecular flexibility index (Phi) is 7.77. The molecule has 1 amide bonds. The lowest BCUT2D eigenvalue weighted by molar-refractivity contribution is -0.138. The fourth-order valence-electron chi connectivity index (χ4n) is 4.32. The van der Waals surface area contributed by atoms with Gasteiger partial charge in [0.15, 0.2) is 5.17 Å². The summed E-state index contributed by atoms with van der Waals surface area (Å²) in [5.41, 5.74) is 2.01. The average molecular weight is 530 g/mol. The smallest absolute Gasteiger partial charge is 0.416 e. The second-order valence-corrected chi connectivity index (χ2v) is 9.47. The summed E-state index contributed by atoms with van der Waals surface area (Å²) in [5, 5.41) is 2.36. The van der Waals surface area contributed by atoms with Crippen LogP contribution in [0.4, 0.5) is 13.2 Å². The fourth-order valence-corrected chi connectivity index (χ4v) is 5.25. The van der Waals surface area contributed by atoms with E-state index in [9.17, 15) is 22.8 Å². The van der Waals surface area contributed by atoms with E-state index in [0.29, 0.717) is 35.1 Å². The molecule has 2 aromatic rings. The number of hydrogen-bond acceptors (Lipinski definition) is 6. The van der Waals surface area contributed by atoms with Gasteiger partial charge >= 0.3 is 12.1 Å². The number of fused-ring (bicyclic) bond motifs is 1. The first kappa shape index (κ1) is 26.5. The zero-order valence-corrected chi connectivity index (χ0v) is 21.4. The number of amidine groups is 1. The number of amides is 1. The Morgan fingerprint density at radius 1 is 1.11 bits per heavy atom.